The van der Waals surface area contributed by atoms with E-state index in [9.17, 15) is 4.79 Å². The summed E-state index contributed by atoms with van der Waals surface area (Å²) in [5.74, 6) is 0.298. The zero-order valence-corrected chi connectivity index (χ0v) is 10.3. The zero-order valence-electron chi connectivity index (χ0n) is 9.47. The predicted molar refractivity (Wildman–Crippen MR) is 69.5 cm³/mol. The molecule has 2 heterocycles. The molecule has 6 nitrogen and oxygen atoms in total. The number of H-pyrrole nitrogens is 2. The van der Waals surface area contributed by atoms with Crippen LogP contribution in [0.3, 0.4) is 0 Å². The summed E-state index contributed by atoms with van der Waals surface area (Å²) in [5, 5.41) is 14.4. The first-order valence-corrected chi connectivity index (χ1v) is 6.45. The Morgan fingerprint density at radius 3 is 2.89 bits per heavy atom. The maximum atomic E-state index is 11.9. The van der Waals surface area contributed by atoms with E-state index in [-0.39, 0.29) is 5.56 Å². The number of tetrazole rings is 1. The maximum absolute atomic E-state index is 11.9. The predicted octanol–water partition coefficient (Wildman–Crippen LogP) is 1.43. The fraction of sp³-hybridized carbons (Fsp3) is 0.0909. The molecule has 90 valence electrons. The molecule has 0 saturated heterocycles. The Morgan fingerprint density at radius 2 is 2.17 bits per heavy atom. The van der Waals surface area contributed by atoms with E-state index < -0.39 is 0 Å². The number of aromatic amines is 2. The molecule has 3 aromatic rings. The van der Waals surface area contributed by atoms with Crippen LogP contribution in [-0.2, 0) is 0 Å². The summed E-state index contributed by atoms with van der Waals surface area (Å²) in [5.41, 5.74) is 0.995. The summed E-state index contributed by atoms with van der Waals surface area (Å²) in [6, 6.07) is 7.68. The number of benzene rings is 1. The molecule has 0 aliphatic heterocycles. The Morgan fingerprint density at radius 1 is 1.28 bits per heavy atom. The summed E-state index contributed by atoms with van der Waals surface area (Å²) in [6.45, 7) is 0. The lowest BCUT2D eigenvalue weighted by molar-refractivity contribution is 0.881. The van der Waals surface area contributed by atoms with E-state index in [0.717, 1.165) is 15.8 Å². The lowest BCUT2D eigenvalue weighted by atomic mass is 10.1. The number of fused-ring (bicyclic) bond motifs is 1. The van der Waals surface area contributed by atoms with Crippen molar-refractivity contribution in [3.63, 3.8) is 0 Å². The number of thioether (sulfide) groups is 1. The first-order valence-electron chi connectivity index (χ1n) is 5.23. The summed E-state index contributed by atoms with van der Waals surface area (Å²) in [6.07, 6.45) is 1.99. The molecule has 2 aromatic heterocycles. The normalized spacial score (nSPS) is 10.9. The number of aromatic nitrogens is 5. The largest absolute Gasteiger partial charge is 0.321 e. The van der Waals surface area contributed by atoms with Crippen molar-refractivity contribution >= 4 is 22.7 Å². The third kappa shape index (κ3) is 1.78. The molecule has 0 saturated carbocycles. The van der Waals surface area contributed by atoms with Crippen molar-refractivity contribution < 1.29 is 0 Å². The van der Waals surface area contributed by atoms with Crippen LogP contribution in [0.25, 0.3) is 22.3 Å². The maximum Gasteiger partial charge on any atom is 0.259 e. The highest BCUT2D eigenvalue weighted by Gasteiger charge is 2.09. The van der Waals surface area contributed by atoms with Crippen LogP contribution in [0, 0.1) is 0 Å². The van der Waals surface area contributed by atoms with Crippen LogP contribution in [0.15, 0.2) is 34.0 Å². The minimum absolute atomic E-state index is 0.220. The average molecular weight is 259 g/mol. The van der Waals surface area contributed by atoms with Crippen LogP contribution >= 0.6 is 11.8 Å². The minimum atomic E-state index is -0.220. The fourth-order valence-corrected chi connectivity index (χ4v) is 2.19. The van der Waals surface area contributed by atoms with E-state index in [2.05, 4.69) is 25.6 Å². The number of nitrogens with zero attached hydrogens (tertiary/aromatic N) is 3. The Hall–Kier alpha value is -2.15. The molecule has 2 N–H and O–H groups in total. The Labute approximate surface area is 106 Å². The first kappa shape index (κ1) is 11.0. The minimum Gasteiger partial charge on any atom is -0.321 e. The second-order valence-corrected chi connectivity index (χ2v) is 4.58. The molecule has 0 radical (unpaired) electrons. The molecule has 3 rings (SSSR count). The van der Waals surface area contributed by atoms with Gasteiger partial charge in [0.1, 0.15) is 0 Å². The van der Waals surface area contributed by atoms with Crippen LogP contribution in [-0.4, -0.2) is 31.9 Å². The van der Waals surface area contributed by atoms with Gasteiger partial charge in [-0.15, -0.1) is 22.0 Å². The summed E-state index contributed by atoms with van der Waals surface area (Å²) in [4.78, 5) is 15.9. The summed E-state index contributed by atoms with van der Waals surface area (Å²) < 4.78 is 0. The molecule has 0 fully saturated rings. The van der Waals surface area contributed by atoms with E-state index in [4.69, 9.17) is 0 Å². The number of hydrogen-bond donors (Lipinski definition) is 2. The number of pyridine rings is 1. The van der Waals surface area contributed by atoms with E-state index in [1.165, 1.54) is 0 Å². The van der Waals surface area contributed by atoms with Crippen LogP contribution in [0.2, 0.25) is 0 Å². The molecule has 0 atom stereocenters. The quantitative estimate of drug-likeness (QED) is 0.680. The SMILES string of the molecule is CSc1ccc2cc(-c3nn[nH]n3)c(=O)[nH]c2c1. The third-order valence-corrected chi connectivity index (χ3v) is 3.36. The second-order valence-electron chi connectivity index (χ2n) is 3.70. The van der Waals surface area contributed by atoms with Gasteiger partial charge in [-0.05, 0) is 35.1 Å². The van der Waals surface area contributed by atoms with Crippen molar-refractivity contribution in [1.82, 2.24) is 25.6 Å². The number of nitrogens with one attached hydrogen (secondary N) is 2. The fourth-order valence-electron chi connectivity index (χ4n) is 1.75. The van der Waals surface area contributed by atoms with Crippen molar-refractivity contribution in [2.45, 2.75) is 4.90 Å². The van der Waals surface area contributed by atoms with Crippen LogP contribution < -0.4 is 5.56 Å². The molecule has 7 heteroatoms. The standard InChI is InChI=1S/C11H9N5OS/c1-18-7-3-2-6-4-8(10-13-15-16-14-10)11(17)12-9(6)5-7/h2-5H,1H3,(H,12,17)(H,13,14,15,16). The van der Waals surface area contributed by atoms with Gasteiger partial charge in [-0.2, -0.15) is 5.21 Å². The highest BCUT2D eigenvalue weighted by molar-refractivity contribution is 7.98. The van der Waals surface area contributed by atoms with Gasteiger partial charge >= 0.3 is 0 Å². The highest BCUT2D eigenvalue weighted by Crippen LogP contribution is 2.21. The van der Waals surface area contributed by atoms with Gasteiger partial charge in [0, 0.05) is 10.4 Å². The van der Waals surface area contributed by atoms with Crippen LogP contribution in [0.4, 0.5) is 0 Å². The van der Waals surface area contributed by atoms with Crippen molar-refractivity contribution in [2.75, 3.05) is 6.26 Å². The Balaban J connectivity index is 2.25. The van der Waals surface area contributed by atoms with Crippen molar-refractivity contribution in [3.8, 4) is 11.4 Å². The van der Waals surface area contributed by atoms with Crippen molar-refractivity contribution in [1.29, 1.82) is 0 Å². The van der Waals surface area contributed by atoms with Gasteiger partial charge in [0.05, 0.1) is 5.56 Å². The first-order chi connectivity index (χ1) is 8.78. The van der Waals surface area contributed by atoms with E-state index in [1.54, 1.807) is 17.8 Å². The van der Waals surface area contributed by atoms with Gasteiger partial charge in [0.15, 0.2) is 0 Å². The molecule has 0 unspecified atom stereocenters. The van der Waals surface area contributed by atoms with Gasteiger partial charge in [0.25, 0.3) is 5.56 Å². The van der Waals surface area contributed by atoms with Crippen molar-refractivity contribution in [2.24, 2.45) is 0 Å². The monoisotopic (exact) mass is 259 g/mol. The number of hydrogen-bond acceptors (Lipinski definition) is 5. The lowest BCUT2D eigenvalue weighted by Crippen LogP contribution is -2.09. The molecule has 0 spiro atoms. The third-order valence-electron chi connectivity index (χ3n) is 2.64. The van der Waals surface area contributed by atoms with Gasteiger partial charge in [-0.3, -0.25) is 4.79 Å². The lowest BCUT2D eigenvalue weighted by Gasteiger charge is -2.02. The Kier molecular flexibility index (Phi) is 2.60. The Bertz CT molecular complexity index is 750. The summed E-state index contributed by atoms with van der Waals surface area (Å²) in [7, 11) is 0. The molecule has 0 aliphatic rings. The van der Waals surface area contributed by atoms with Crippen molar-refractivity contribution in [3.05, 3.63) is 34.6 Å². The summed E-state index contributed by atoms with van der Waals surface area (Å²) >= 11 is 1.63. The van der Waals surface area contributed by atoms with Gasteiger partial charge in [0.2, 0.25) is 5.82 Å². The second kappa shape index (κ2) is 4.26. The molecule has 0 aliphatic carbocycles. The van der Waals surface area contributed by atoms with Gasteiger partial charge < -0.3 is 4.98 Å². The number of rotatable bonds is 2. The molecule has 0 bridgehead atoms. The molecule has 18 heavy (non-hydrogen) atoms. The topological polar surface area (TPSA) is 87.3 Å². The van der Waals surface area contributed by atoms with Gasteiger partial charge in [-0.25, -0.2) is 0 Å². The van der Waals surface area contributed by atoms with Gasteiger partial charge in [-0.1, -0.05) is 6.07 Å². The van der Waals surface area contributed by atoms with E-state index in [0.29, 0.717) is 11.4 Å². The zero-order chi connectivity index (χ0) is 12.5. The average Bonchev–Trinajstić information content (AvgIpc) is 2.91. The van der Waals surface area contributed by atoms with Crippen LogP contribution in [0.5, 0.6) is 0 Å². The van der Waals surface area contributed by atoms with Crippen LogP contribution in [0.1, 0.15) is 0 Å². The molecule has 1 aromatic carbocycles. The molecule has 0 amide bonds. The molecular weight excluding hydrogens is 250 g/mol. The smallest absolute Gasteiger partial charge is 0.259 e. The highest BCUT2D eigenvalue weighted by atomic mass is 32.2. The van der Waals surface area contributed by atoms with E-state index in [1.807, 2.05) is 24.5 Å². The van der Waals surface area contributed by atoms with E-state index >= 15 is 0 Å². The molecular formula is C11H9N5OS.